The predicted molar refractivity (Wildman–Crippen MR) is 79.4 cm³/mol. The Bertz CT molecular complexity index is 557. The first-order valence-corrected chi connectivity index (χ1v) is 7.19. The van der Waals surface area contributed by atoms with Gasteiger partial charge in [0.1, 0.15) is 5.82 Å². The Morgan fingerprint density at radius 2 is 1.74 bits per heavy atom. The molecular formula is C15H15ClFNS. The average molecular weight is 296 g/mol. The predicted octanol–water partition coefficient (Wildman–Crippen LogP) is 4.91. The number of benzene rings is 2. The van der Waals surface area contributed by atoms with Crippen molar-refractivity contribution in [1.29, 1.82) is 0 Å². The van der Waals surface area contributed by atoms with Crippen LogP contribution >= 0.6 is 23.4 Å². The molecule has 0 aliphatic carbocycles. The first-order chi connectivity index (χ1) is 9.10. The van der Waals surface area contributed by atoms with Gasteiger partial charge in [-0.2, -0.15) is 0 Å². The normalized spacial score (nSPS) is 12.4. The summed E-state index contributed by atoms with van der Waals surface area (Å²) in [5, 5.41) is 3.91. The van der Waals surface area contributed by atoms with Gasteiger partial charge in [0.2, 0.25) is 0 Å². The van der Waals surface area contributed by atoms with E-state index in [1.54, 1.807) is 23.9 Å². The third-order valence-corrected chi connectivity index (χ3v) is 4.25. The van der Waals surface area contributed by atoms with E-state index in [0.717, 1.165) is 20.4 Å². The SMILES string of the molecule is CNC(C)c1ccc(Sc2ccc(F)cc2)cc1Cl. The van der Waals surface area contributed by atoms with E-state index in [1.807, 2.05) is 25.2 Å². The van der Waals surface area contributed by atoms with E-state index in [-0.39, 0.29) is 11.9 Å². The molecule has 19 heavy (non-hydrogen) atoms. The van der Waals surface area contributed by atoms with Crippen LogP contribution in [0.2, 0.25) is 5.02 Å². The van der Waals surface area contributed by atoms with Gasteiger partial charge >= 0.3 is 0 Å². The second kappa shape index (κ2) is 6.42. The van der Waals surface area contributed by atoms with E-state index in [9.17, 15) is 4.39 Å². The van der Waals surface area contributed by atoms with Crippen molar-refractivity contribution in [3.63, 3.8) is 0 Å². The molecule has 0 amide bonds. The first-order valence-electron chi connectivity index (χ1n) is 6.00. The van der Waals surface area contributed by atoms with E-state index in [1.165, 1.54) is 12.1 Å². The molecule has 0 spiro atoms. The summed E-state index contributed by atoms with van der Waals surface area (Å²) >= 11 is 7.85. The Morgan fingerprint density at radius 3 is 2.32 bits per heavy atom. The molecule has 4 heteroatoms. The average Bonchev–Trinajstić information content (AvgIpc) is 2.41. The van der Waals surface area contributed by atoms with Gasteiger partial charge in [-0.25, -0.2) is 4.39 Å². The minimum Gasteiger partial charge on any atom is -0.313 e. The lowest BCUT2D eigenvalue weighted by Gasteiger charge is -2.13. The van der Waals surface area contributed by atoms with Gasteiger partial charge in [0.25, 0.3) is 0 Å². The van der Waals surface area contributed by atoms with Gasteiger partial charge in [-0.3, -0.25) is 0 Å². The fourth-order valence-corrected chi connectivity index (χ4v) is 2.98. The van der Waals surface area contributed by atoms with Crippen molar-refractivity contribution in [3.8, 4) is 0 Å². The third kappa shape index (κ3) is 3.72. The van der Waals surface area contributed by atoms with E-state index in [0.29, 0.717) is 0 Å². The molecule has 1 unspecified atom stereocenters. The Morgan fingerprint density at radius 1 is 1.11 bits per heavy atom. The number of nitrogens with one attached hydrogen (secondary N) is 1. The van der Waals surface area contributed by atoms with Gasteiger partial charge < -0.3 is 5.32 Å². The zero-order chi connectivity index (χ0) is 13.8. The molecule has 0 saturated heterocycles. The summed E-state index contributed by atoms with van der Waals surface area (Å²) in [4.78, 5) is 2.04. The first kappa shape index (κ1) is 14.4. The standard InChI is InChI=1S/C15H15ClFNS/c1-10(18-2)14-8-7-13(9-15(14)16)19-12-5-3-11(17)4-6-12/h3-10,18H,1-2H3. The van der Waals surface area contributed by atoms with Gasteiger partial charge in [0, 0.05) is 20.9 Å². The van der Waals surface area contributed by atoms with Gasteiger partial charge in [0.05, 0.1) is 0 Å². The zero-order valence-corrected chi connectivity index (χ0v) is 12.4. The quantitative estimate of drug-likeness (QED) is 0.860. The van der Waals surface area contributed by atoms with Crippen LogP contribution in [0.4, 0.5) is 4.39 Å². The second-order valence-electron chi connectivity index (χ2n) is 4.25. The Hall–Kier alpha value is -1.03. The van der Waals surface area contributed by atoms with E-state index in [4.69, 9.17) is 11.6 Å². The van der Waals surface area contributed by atoms with Crippen LogP contribution in [-0.4, -0.2) is 7.05 Å². The number of halogens is 2. The smallest absolute Gasteiger partial charge is 0.123 e. The molecular weight excluding hydrogens is 281 g/mol. The van der Waals surface area contributed by atoms with Gasteiger partial charge in [-0.1, -0.05) is 29.4 Å². The molecule has 0 aromatic heterocycles. The fraction of sp³-hybridized carbons (Fsp3) is 0.200. The molecule has 1 N–H and O–H groups in total. The lowest BCUT2D eigenvalue weighted by molar-refractivity contribution is 0.626. The highest BCUT2D eigenvalue weighted by atomic mass is 35.5. The topological polar surface area (TPSA) is 12.0 Å². The van der Waals surface area contributed by atoms with Gasteiger partial charge in [-0.05, 0) is 55.9 Å². The third-order valence-electron chi connectivity index (χ3n) is 2.92. The number of hydrogen-bond donors (Lipinski definition) is 1. The molecule has 2 rings (SSSR count). The van der Waals surface area contributed by atoms with Crippen molar-refractivity contribution in [2.24, 2.45) is 0 Å². The lowest BCUT2D eigenvalue weighted by Crippen LogP contribution is -2.12. The molecule has 2 aromatic rings. The van der Waals surface area contributed by atoms with Crippen molar-refractivity contribution in [3.05, 3.63) is 58.9 Å². The highest BCUT2D eigenvalue weighted by Gasteiger charge is 2.08. The van der Waals surface area contributed by atoms with Crippen molar-refractivity contribution in [2.75, 3.05) is 7.05 Å². The highest BCUT2D eigenvalue weighted by molar-refractivity contribution is 7.99. The molecule has 0 aliphatic rings. The van der Waals surface area contributed by atoms with Crippen LogP contribution in [0.1, 0.15) is 18.5 Å². The van der Waals surface area contributed by atoms with Crippen molar-refractivity contribution >= 4 is 23.4 Å². The van der Waals surface area contributed by atoms with Crippen LogP contribution in [0, 0.1) is 5.82 Å². The van der Waals surface area contributed by atoms with Crippen LogP contribution in [0.25, 0.3) is 0 Å². The number of hydrogen-bond acceptors (Lipinski definition) is 2. The van der Waals surface area contributed by atoms with E-state index in [2.05, 4.69) is 12.2 Å². The maximum atomic E-state index is 12.8. The van der Waals surface area contributed by atoms with Crippen LogP contribution in [-0.2, 0) is 0 Å². The maximum absolute atomic E-state index is 12.8. The summed E-state index contributed by atoms with van der Waals surface area (Å²) in [5.41, 5.74) is 1.08. The lowest BCUT2D eigenvalue weighted by atomic mass is 10.1. The minimum atomic E-state index is -0.222. The molecule has 0 bridgehead atoms. The monoisotopic (exact) mass is 295 g/mol. The van der Waals surface area contributed by atoms with Crippen LogP contribution in [0.5, 0.6) is 0 Å². The van der Waals surface area contributed by atoms with Crippen LogP contribution in [0.3, 0.4) is 0 Å². The molecule has 2 aromatic carbocycles. The molecule has 0 radical (unpaired) electrons. The Kier molecular flexibility index (Phi) is 4.86. The fourth-order valence-electron chi connectivity index (χ4n) is 1.72. The molecule has 0 aliphatic heterocycles. The Balaban J connectivity index is 2.18. The van der Waals surface area contributed by atoms with Crippen LogP contribution in [0.15, 0.2) is 52.3 Å². The zero-order valence-electron chi connectivity index (χ0n) is 10.8. The van der Waals surface area contributed by atoms with Gasteiger partial charge in [-0.15, -0.1) is 0 Å². The second-order valence-corrected chi connectivity index (χ2v) is 5.80. The summed E-state index contributed by atoms with van der Waals surface area (Å²) in [5.74, 6) is -0.222. The molecule has 0 heterocycles. The molecule has 100 valence electrons. The summed E-state index contributed by atoms with van der Waals surface area (Å²) in [6, 6.07) is 12.7. The van der Waals surface area contributed by atoms with Crippen molar-refractivity contribution in [1.82, 2.24) is 5.32 Å². The van der Waals surface area contributed by atoms with E-state index >= 15 is 0 Å². The van der Waals surface area contributed by atoms with Crippen LogP contribution < -0.4 is 5.32 Å². The Labute approximate surface area is 122 Å². The number of rotatable bonds is 4. The molecule has 1 atom stereocenters. The maximum Gasteiger partial charge on any atom is 0.123 e. The summed E-state index contributed by atoms with van der Waals surface area (Å²) in [6.45, 7) is 2.06. The van der Waals surface area contributed by atoms with Crippen molar-refractivity contribution < 1.29 is 4.39 Å². The summed E-state index contributed by atoms with van der Waals surface area (Å²) in [7, 11) is 1.90. The van der Waals surface area contributed by atoms with Gasteiger partial charge in [0.15, 0.2) is 0 Å². The minimum absolute atomic E-state index is 0.220. The van der Waals surface area contributed by atoms with Crippen molar-refractivity contribution in [2.45, 2.75) is 22.8 Å². The molecule has 0 saturated carbocycles. The largest absolute Gasteiger partial charge is 0.313 e. The summed E-state index contributed by atoms with van der Waals surface area (Å²) in [6.07, 6.45) is 0. The molecule has 1 nitrogen and oxygen atoms in total. The highest BCUT2D eigenvalue weighted by Crippen LogP contribution is 2.32. The van der Waals surface area contributed by atoms with E-state index < -0.39 is 0 Å². The molecule has 0 fully saturated rings. The summed E-state index contributed by atoms with van der Waals surface area (Å²) < 4.78 is 12.8.